The number of imidazole rings is 1. The highest BCUT2D eigenvalue weighted by atomic mass is 16.5. The lowest BCUT2D eigenvalue weighted by Gasteiger charge is -2.12. The highest BCUT2D eigenvalue weighted by Crippen LogP contribution is 2.04. The summed E-state index contributed by atoms with van der Waals surface area (Å²) in [5.41, 5.74) is 6.79. The number of ether oxygens (including phenoxy) is 1. The lowest BCUT2D eigenvalue weighted by molar-refractivity contribution is -0.697. The van der Waals surface area contributed by atoms with Gasteiger partial charge in [0.2, 0.25) is 12.2 Å². The van der Waals surface area contributed by atoms with E-state index in [0.717, 1.165) is 0 Å². The molecule has 0 atom stereocenters. The molecule has 0 saturated heterocycles. The molecule has 0 fully saturated rings. The number of hydrogen-bond acceptors (Lipinski definition) is 5. The molecule has 7 heteroatoms. The van der Waals surface area contributed by atoms with Crippen LogP contribution in [0.2, 0.25) is 0 Å². The minimum absolute atomic E-state index is 0.0483. The zero-order valence-corrected chi connectivity index (χ0v) is 11.7. The van der Waals surface area contributed by atoms with Crippen LogP contribution in [0.25, 0.3) is 0 Å². The second kappa shape index (κ2) is 7.30. The number of allylic oxidation sites excluding steroid dienone is 3. The molecule has 0 spiro atoms. The molecule has 0 saturated carbocycles. The molecule has 1 aromatic heterocycles. The third-order valence-electron chi connectivity index (χ3n) is 2.94. The average Bonchev–Trinajstić information content (AvgIpc) is 2.95. The number of aromatic nitrogens is 2. The fourth-order valence-corrected chi connectivity index (χ4v) is 1.83. The lowest BCUT2D eigenvalue weighted by Crippen LogP contribution is -2.33. The summed E-state index contributed by atoms with van der Waals surface area (Å²) in [5, 5.41) is 19.6. The van der Waals surface area contributed by atoms with Crippen LogP contribution in [-0.4, -0.2) is 28.8 Å². The molecule has 1 aliphatic rings. The van der Waals surface area contributed by atoms with Crippen molar-refractivity contribution in [2.45, 2.75) is 13.1 Å². The van der Waals surface area contributed by atoms with Gasteiger partial charge in [-0.05, 0) is 12.2 Å². The molecule has 7 nitrogen and oxygen atoms in total. The molecule has 0 bridgehead atoms. The molecule has 21 heavy (non-hydrogen) atoms. The number of dihydropyridines is 1. The quantitative estimate of drug-likeness (QED) is 0.325. The fraction of sp³-hybridized carbons (Fsp3) is 0.286. The first-order valence-electron chi connectivity index (χ1n) is 6.67. The maximum Gasteiger partial charge on any atom is 0.243 e. The van der Waals surface area contributed by atoms with Gasteiger partial charge in [-0.3, -0.25) is 5.41 Å². The number of aliphatic hydroxyl groups is 1. The van der Waals surface area contributed by atoms with E-state index < -0.39 is 0 Å². The normalized spacial score (nSPS) is 15.7. The van der Waals surface area contributed by atoms with Gasteiger partial charge >= 0.3 is 0 Å². The Kier molecular flexibility index (Phi) is 5.16. The zero-order valence-electron chi connectivity index (χ0n) is 11.7. The summed E-state index contributed by atoms with van der Waals surface area (Å²) >= 11 is 0. The number of hydrogen-bond donors (Lipinski definition) is 4. The number of nitrogens with zero attached hydrogens (tertiary/aromatic N) is 2. The average molecular weight is 290 g/mol. The van der Waals surface area contributed by atoms with Gasteiger partial charge in [-0.2, -0.15) is 0 Å². The van der Waals surface area contributed by atoms with Crippen LogP contribution in [0.4, 0.5) is 0 Å². The first-order chi connectivity index (χ1) is 10.2. The predicted molar refractivity (Wildman–Crippen MR) is 78.0 cm³/mol. The molecule has 0 unspecified atom stereocenters. The molecule has 112 valence electrons. The van der Waals surface area contributed by atoms with Gasteiger partial charge in [0.15, 0.2) is 0 Å². The summed E-state index contributed by atoms with van der Waals surface area (Å²) in [4.78, 5) is 0. The molecule has 1 aromatic rings. The molecular formula is C14H20N5O2+. The van der Waals surface area contributed by atoms with Gasteiger partial charge in [-0.1, -0.05) is 6.08 Å². The molecular weight excluding hydrogens is 270 g/mol. The Balaban J connectivity index is 1.81. The van der Waals surface area contributed by atoms with Crippen molar-refractivity contribution in [1.82, 2.24) is 9.88 Å². The maximum absolute atomic E-state index is 8.84. The second-order valence-electron chi connectivity index (χ2n) is 4.48. The van der Waals surface area contributed by atoms with Crippen LogP contribution in [0, 0.1) is 5.41 Å². The van der Waals surface area contributed by atoms with E-state index in [4.69, 9.17) is 21.0 Å². The molecule has 2 heterocycles. The topological polar surface area (TPSA) is 100 Å². The Morgan fingerprint density at radius 1 is 1.48 bits per heavy atom. The zero-order chi connectivity index (χ0) is 15.1. The largest absolute Gasteiger partial charge is 0.472 e. The van der Waals surface area contributed by atoms with Crippen molar-refractivity contribution >= 4 is 5.90 Å². The first-order valence-corrected chi connectivity index (χ1v) is 6.67. The highest BCUT2D eigenvalue weighted by molar-refractivity contribution is 5.91. The van der Waals surface area contributed by atoms with E-state index in [2.05, 4.69) is 5.32 Å². The summed E-state index contributed by atoms with van der Waals surface area (Å²) in [6.45, 7) is 1.62. The van der Waals surface area contributed by atoms with Gasteiger partial charge in [-0.15, -0.1) is 0 Å². The van der Waals surface area contributed by atoms with Gasteiger partial charge < -0.3 is 20.9 Å². The van der Waals surface area contributed by atoms with Gasteiger partial charge in [0.05, 0.1) is 12.3 Å². The summed E-state index contributed by atoms with van der Waals surface area (Å²) in [7, 11) is 0. The van der Waals surface area contributed by atoms with E-state index in [9.17, 15) is 0 Å². The van der Waals surface area contributed by atoms with Gasteiger partial charge in [-0.25, -0.2) is 9.13 Å². The summed E-state index contributed by atoms with van der Waals surface area (Å²) in [6.07, 6.45) is 12.9. The van der Waals surface area contributed by atoms with Crippen molar-refractivity contribution in [3.63, 3.8) is 0 Å². The Bertz CT molecular complexity index is 586. The number of rotatable bonds is 6. The van der Waals surface area contributed by atoms with E-state index in [1.165, 1.54) is 0 Å². The van der Waals surface area contributed by atoms with E-state index in [0.29, 0.717) is 25.4 Å². The van der Waals surface area contributed by atoms with E-state index in [1.54, 1.807) is 12.3 Å². The molecule has 0 amide bonds. The van der Waals surface area contributed by atoms with Crippen LogP contribution < -0.4 is 15.6 Å². The standard InChI is InChI=1S/C14H20N5O2/c15-13(12-3-1-2-4-17-12)14(16)21-10-8-19-6-5-18(11-19)7-9-20/h1-6,11,16-17,20H,7-10,15H2/q+1/b13-12+,16-14?. The van der Waals surface area contributed by atoms with E-state index in [1.807, 2.05) is 40.0 Å². The van der Waals surface area contributed by atoms with Crippen LogP contribution in [0.15, 0.2) is 54.5 Å². The SMILES string of the molecule is N=C(OCCn1cc[n+](CCO)c1)/C(N)=C1/C=CC=CN1. The minimum Gasteiger partial charge on any atom is -0.472 e. The van der Waals surface area contributed by atoms with Crippen LogP contribution in [-0.2, 0) is 17.8 Å². The van der Waals surface area contributed by atoms with Crippen LogP contribution in [0.5, 0.6) is 0 Å². The second-order valence-corrected chi connectivity index (χ2v) is 4.48. The van der Waals surface area contributed by atoms with Gasteiger partial charge in [0, 0.05) is 6.20 Å². The Morgan fingerprint density at radius 2 is 2.33 bits per heavy atom. The van der Waals surface area contributed by atoms with Crippen LogP contribution in [0.3, 0.4) is 0 Å². The molecule has 2 rings (SSSR count). The Labute approximate surface area is 123 Å². The third kappa shape index (κ3) is 4.22. The fourth-order valence-electron chi connectivity index (χ4n) is 1.83. The Hall–Kier alpha value is -2.54. The summed E-state index contributed by atoms with van der Waals surface area (Å²) in [5.74, 6) is -0.0483. The molecule has 0 aliphatic carbocycles. The van der Waals surface area contributed by atoms with Crippen molar-refractivity contribution in [1.29, 1.82) is 5.41 Å². The number of nitrogens with two attached hydrogens (primary N) is 1. The first kappa shape index (κ1) is 14.9. The third-order valence-corrected chi connectivity index (χ3v) is 2.94. The van der Waals surface area contributed by atoms with Gasteiger partial charge in [0.25, 0.3) is 0 Å². The molecule has 0 aromatic carbocycles. The lowest BCUT2D eigenvalue weighted by atomic mass is 10.2. The predicted octanol–water partition coefficient (Wildman–Crippen LogP) is -0.395. The Morgan fingerprint density at radius 3 is 3.05 bits per heavy atom. The summed E-state index contributed by atoms with van der Waals surface area (Å²) in [6, 6.07) is 0. The van der Waals surface area contributed by atoms with Crippen molar-refractivity contribution in [3.05, 3.63) is 54.5 Å². The smallest absolute Gasteiger partial charge is 0.243 e. The molecule has 5 N–H and O–H groups in total. The van der Waals surface area contributed by atoms with Crippen molar-refractivity contribution in [2.24, 2.45) is 5.73 Å². The van der Waals surface area contributed by atoms with E-state index >= 15 is 0 Å². The maximum atomic E-state index is 8.84. The van der Waals surface area contributed by atoms with Crippen LogP contribution >= 0.6 is 0 Å². The monoisotopic (exact) mass is 290 g/mol. The minimum atomic E-state index is -0.0483. The van der Waals surface area contributed by atoms with Gasteiger partial charge in [0.1, 0.15) is 37.8 Å². The number of aliphatic hydroxyl groups excluding tert-OH is 1. The van der Waals surface area contributed by atoms with E-state index in [-0.39, 0.29) is 18.2 Å². The number of nitrogens with one attached hydrogen (secondary N) is 2. The highest BCUT2D eigenvalue weighted by Gasteiger charge is 2.09. The molecule has 0 radical (unpaired) electrons. The van der Waals surface area contributed by atoms with Crippen molar-refractivity contribution in [2.75, 3.05) is 13.2 Å². The van der Waals surface area contributed by atoms with Crippen molar-refractivity contribution < 1.29 is 14.4 Å². The molecule has 1 aliphatic heterocycles. The summed E-state index contributed by atoms with van der Waals surface area (Å²) < 4.78 is 9.16. The van der Waals surface area contributed by atoms with Crippen LogP contribution in [0.1, 0.15) is 0 Å². The van der Waals surface area contributed by atoms with Crippen molar-refractivity contribution in [3.8, 4) is 0 Å².